The van der Waals surface area contributed by atoms with Crippen LogP contribution in [0.25, 0.3) is 11.0 Å². The van der Waals surface area contributed by atoms with E-state index in [1.165, 1.54) is 0 Å². The van der Waals surface area contributed by atoms with Crippen LogP contribution in [0.1, 0.15) is 46.2 Å². The van der Waals surface area contributed by atoms with E-state index in [2.05, 4.69) is 46.3 Å². The molecule has 0 spiro atoms. The van der Waals surface area contributed by atoms with Crippen molar-refractivity contribution in [3.8, 4) is 0 Å². The topological polar surface area (TPSA) is 96.7 Å². The van der Waals surface area contributed by atoms with Crippen LogP contribution in [0.4, 0.5) is 30.8 Å². The van der Waals surface area contributed by atoms with Gasteiger partial charge in [-0.2, -0.15) is 23.3 Å². The maximum absolute atomic E-state index is 10.8. The second kappa shape index (κ2) is 11.4. The first kappa shape index (κ1) is 25.6. The number of fused-ring (bicyclic) bond motifs is 1. The lowest BCUT2D eigenvalue weighted by Gasteiger charge is -2.32. The average molecular weight is 480 g/mol. The number of hydrogen-bond acceptors (Lipinski definition) is 8. The maximum atomic E-state index is 10.8. The van der Waals surface area contributed by atoms with Gasteiger partial charge in [-0.3, -0.25) is 9.67 Å². The standard InChI is InChI=1S/C19H27N9.C3H5F3/c1-4-9-28-17-16(14(5-2)26-28)24-19(27-10-8-21-13(3)12-27)25-18(17)23-15-11-20-6-7-22-15;1-2-3(4,5)6/h6-7,11,13,21H,4-5,8-10,12H2,1-3H3,(H,22,23,24,25);2H2,1H3. The zero-order valence-electron chi connectivity index (χ0n) is 20.0. The van der Waals surface area contributed by atoms with Crippen molar-refractivity contribution in [3.05, 3.63) is 24.3 Å². The highest BCUT2D eigenvalue weighted by molar-refractivity contribution is 5.90. The van der Waals surface area contributed by atoms with Gasteiger partial charge in [0, 0.05) is 51.0 Å². The van der Waals surface area contributed by atoms with Gasteiger partial charge in [0.25, 0.3) is 0 Å². The molecule has 34 heavy (non-hydrogen) atoms. The third-order valence-corrected chi connectivity index (χ3v) is 5.28. The molecule has 9 nitrogen and oxygen atoms in total. The second-order valence-electron chi connectivity index (χ2n) is 8.08. The molecule has 3 aromatic rings. The predicted octanol–water partition coefficient (Wildman–Crippen LogP) is 4.09. The second-order valence-corrected chi connectivity index (χ2v) is 8.08. The maximum Gasteiger partial charge on any atom is 0.388 e. The molecule has 0 aromatic carbocycles. The Labute approximate surface area is 197 Å². The van der Waals surface area contributed by atoms with Gasteiger partial charge in [0.15, 0.2) is 5.82 Å². The summed E-state index contributed by atoms with van der Waals surface area (Å²) >= 11 is 0. The number of nitrogens with zero attached hydrogens (tertiary/aromatic N) is 7. The number of anilines is 3. The van der Waals surface area contributed by atoms with Crippen LogP contribution in [-0.4, -0.2) is 61.6 Å². The summed E-state index contributed by atoms with van der Waals surface area (Å²) in [6, 6.07) is 0.401. The van der Waals surface area contributed by atoms with E-state index < -0.39 is 12.6 Å². The number of nitrogens with one attached hydrogen (secondary N) is 2. The van der Waals surface area contributed by atoms with E-state index in [1.54, 1.807) is 18.6 Å². The van der Waals surface area contributed by atoms with Crippen LogP contribution in [-0.2, 0) is 13.0 Å². The van der Waals surface area contributed by atoms with Crippen LogP contribution in [0.2, 0.25) is 0 Å². The number of aryl methyl sites for hydroxylation is 2. The molecular formula is C22H32F3N9. The van der Waals surface area contributed by atoms with Gasteiger partial charge in [-0.25, -0.2) is 9.97 Å². The molecule has 0 aliphatic carbocycles. The molecule has 0 saturated carbocycles. The molecule has 1 aliphatic heterocycles. The Kier molecular flexibility index (Phi) is 8.59. The summed E-state index contributed by atoms with van der Waals surface area (Å²) in [5, 5.41) is 11.6. The van der Waals surface area contributed by atoms with Crippen LogP contribution in [0.15, 0.2) is 18.6 Å². The van der Waals surface area contributed by atoms with E-state index in [9.17, 15) is 13.2 Å². The Morgan fingerprint density at radius 3 is 2.53 bits per heavy atom. The van der Waals surface area contributed by atoms with Crippen molar-refractivity contribution in [2.45, 2.75) is 65.7 Å². The average Bonchev–Trinajstić information content (AvgIpc) is 3.18. The largest absolute Gasteiger partial charge is 0.388 e. The lowest BCUT2D eigenvalue weighted by molar-refractivity contribution is -0.130. The minimum atomic E-state index is -3.96. The highest BCUT2D eigenvalue weighted by atomic mass is 19.4. The zero-order chi connectivity index (χ0) is 24.7. The molecule has 12 heteroatoms. The molecule has 0 amide bonds. The monoisotopic (exact) mass is 479 g/mol. The Bertz CT molecular complexity index is 1050. The van der Waals surface area contributed by atoms with Crippen molar-refractivity contribution in [2.75, 3.05) is 29.9 Å². The fourth-order valence-corrected chi connectivity index (χ4v) is 3.57. The van der Waals surface area contributed by atoms with Crippen LogP contribution in [0, 0.1) is 0 Å². The van der Waals surface area contributed by atoms with E-state index in [0.29, 0.717) is 11.9 Å². The van der Waals surface area contributed by atoms with Gasteiger partial charge in [-0.1, -0.05) is 20.8 Å². The molecule has 1 fully saturated rings. The molecule has 3 aromatic heterocycles. The Hall–Kier alpha value is -3.02. The molecule has 2 N–H and O–H groups in total. The highest BCUT2D eigenvalue weighted by Gasteiger charge is 2.24. The summed E-state index contributed by atoms with van der Waals surface area (Å²) in [4.78, 5) is 20.6. The molecule has 4 heterocycles. The summed E-state index contributed by atoms with van der Waals surface area (Å²) in [5.41, 5.74) is 2.84. The van der Waals surface area contributed by atoms with Crippen LogP contribution >= 0.6 is 0 Å². The number of aromatic nitrogens is 6. The molecule has 4 rings (SSSR count). The summed E-state index contributed by atoms with van der Waals surface area (Å²) in [6.07, 6.45) is 2.15. The lowest BCUT2D eigenvalue weighted by Crippen LogP contribution is -2.49. The number of piperazine rings is 1. The summed E-state index contributed by atoms with van der Waals surface area (Å²) in [7, 11) is 0. The van der Waals surface area contributed by atoms with Crippen molar-refractivity contribution < 1.29 is 13.2 Å². The molecule has 1 saturated heterocycles. The molecule has 186 valence electrons. The van der Waals surface area contributed by atoms with Crippen molar-refractivity contribution in [3.63, 3.8) is 0 Å². The van der Waals surface area contributed by atoms with E-state index in [4.69, 9.17) is 15.1 Å². The van der Waals surface area contributed by atoms with E-state index in [1.807, 2.05) is 4.68 Å². The van der Waals surface area contributed by atoms with Gasteiger partial charge < -0.3 is 15.5 Å². The van der Waals surface area contributed by atoms with E-state index in [-0.39, 0.29) is 0 Å². The summed E-state index contributed by atoms with van der Waals surface area (Å²) < 4.78 is 34.4. The van der Waals surface area contributed by atoms with Crippen molar-refractivity contribution >= 4 is 28.6 Å². The number of alkyl halides is 3. The minimum Gasteiger partial charge on any atom is -0.338 e. The molecular weight excluding hydrogens is 447 g/mol. The SMILES string of the molecule is CCC(F)(F)F.CCCn1nc(CC)c2nc(N3CCNC(C)C3)nc(Nc3cnccn3)c21. The number of rotatable bonds is 6. The number of hydrogen-bond donors (Lipinski definition) is 2. The molecule has 1 atom stereocenters. The van der Waals surface area contributed by atoms with Gasteiger partial charge in [0.1, 0.15) is 16.9 Å². The molecule has 0 bridgehead atoms. The van der Waals surface area contributed by atoms with E-state index in [0.717, 1.165) is 74.4 Å². The highest BCUT2D eigenvalue weighted by Crippen LogP contribution is 2.29. The first-order valence-corrected chi connectivity index (χ1v) is 11.6. The Morgan fingerprint density at radius 2 is 1.94 bits per heavy atom. The van der Waals surface area contributed by atoms with Crippen LogP contribution < -0.4 is 15.5 Å². The minimum absolute atomic E-state index is 0.401. The molecule has 0 radical (unpaired) electrons. The summed E-state index contributed by atoms with van der Waals surface area (Å²) in [6.45, 7) is 11.0. The first-order valence-electron chi connectivity index (χ1n) is 11.6. The predicted molar refractivity (Wildman–Crippen MR) is 126 cm³/mol. The van der Waals surface area contributed by atoms with Crippen molar-refractivity contribution in [2.24, 2.45) is 0 Å². The molecule has 1 aliphatic rings. The van der Waals surface area contributed by atoms with Crippen LogP contribution in [0.3, 0.4) is 0 Å². The lowest BCUT2D eigenvalue weighted by atomic mass is 10.2. The van der Waals surface area contributed by atoms with Crippen LogP contribution in [0.5, 0.6) is 0 Å². The fraction of sp³-hybridized carbons (Fsp3) is 0.591. The number of halogens is 3. The quantitative estimate of drug-likeness (QED) is 0.546. The Morgan fingerprint density at radius 1 is 1.18 bits per heavy atom. The fourth-order valence-electron chi connectivity index (χ4n) is 3.57. The van der Waals surface area contributed by atoms with Crippen molar-refractivity contribution in [1.82, 2.24) is 35.0 Å². The van der Waals surface area contributed by atoms with Gasteiger partial charge in [-0.15, -0.1) is 0 Å². The third-order valence-electron chi connectivity index (χ3n) is 5.28. The Balaban J connectivity index is 0.000000481. The van der Waals surface area contributed by atoms with Crippen molar-refractivity contribution in [1.29, 1.82) is 0 Å². The zero-order valence-corrected chi connectivity index (χ0v) is 20.0. The van der Waals surface area contributed by atoms with Gasteiger partial charge in [-0.05, 0) is 19.8 Å². The molecule has 1 unspecified atom stereocenters. The van der Waals surface area contributed by atoms with E-state index >= 15 is 0 Å². The third kappa shape index (κ3) is 6.52. The van der Waals surface area contributed by atoms with Gasteiger partial charge >= 0.3 is 6.18 Å². The normalized spacial score (nSPS) is 16.3. The first-order chi connectivity index (χ1) is 16.3. The smallest absolute Gasteiger partial charge is 0.338 e. The summed E-state index contributed by atoms with van der Waals surface area (Å²) in [5.74, 6) is 2.12. The van der Waals surface area contributed by atoms with Gasteiger partial charge in [0.2, 0.25) is 5.95 Å². The van der Waals surface area contributed by atoms with Gasteiger partial charge in [0.05, 0.1) is 11.9 Å².